The molecule has 0 amide bonds. The van der Waals surface area contributed by atoms with E-state index in [2.05, 4.69) is 9.97 Å². The molecule has 98 valence electrons. The van der Waals surface area contributed by atoms with Crippen LogP contribution < -0.4 is 29.6 Å². The van der Waals surface area contributed by atoms with Crippen molar-refractivity contribution in [2.24, 2.45) is 0 Å². The predicted octanol–water partition coefficient (Wildman–Crippen LogP) is -0.596. The van der Waals surface area contributed by atoms with Gasteiger partial charge >= 0.3 is 35.5 Å². The third-order valence-corrected chi connectivity index (χ3v) is 2.54. The molecule has 2 rings (SSSR count). The first-order valence-electron chi connectivity index (χ1n) is 5.93. The Morgan fingerprint density at radius 3 is 2.50 bits per heavy atom. The first-order chi connectivity index (χ1) is 9.11. The molecular formula is C14H14N2NaO3+. The van der Waals surface area contributed by atoms with Crippen LogP contribution in [0.15, 0.2) is 30.0 Å². The third kappa shape index (κ3) is 3.79. The van der Waals surface area contributed by atoms with E-state index in [0.717, 1.165) is 5.52 Å². The molecule has 1 aromatic heterocycles. The van der Waals surface area contributed by atoms with Gasteiger partial charge in [0.15, 0.2) is 0 Å². The SMILES string of the molecule is CCOC(=O)/C(O)=C/c1nc2ccccc2nc1C.[Na+]. The molecule has 0 bridgehead atoms. The molecule has 0 aliphatic heterocycles. The standard InChI is InChI=1S/C14H14N2O3.Na/c1-3-19-14(18)13(17)8-12-9(2)15-10-6-4-5-7-11(10)16-12;/h4-8,17H,3H2,1-2H3;/q;+1/b13-8-;. The number of aryl methyl sites for hydroxylation is 1. The second kappa shape index (κ2) is 7.38. The predicted molar refractivity (Wildman–Crippen MR) is 71.5 cm³/mol. The van der Waals surface area contributed by atoms with Gasteiger partial charge in [0.1, 0.15) is 0 Å². The van der Waals surface area contributed by atoms with Gasteiger partial charge in [-0.3, -0.25) is 0 Å². The minimum atomic E-state index is -0.767. The summed E-state index contributed by atoms with van der Waals surface area (Å²) in [5.74, 6) is -1.24. The van der Waals surface area contributed by atoms with E-state index >= 15 is 0 Å². The monoisotopic (exact) mass is 281 g/mol. The van der Waals surface area contributed by atoms with E-state index in [0.29, 0.717) is 16.9 Å². The van der Waals surface area contributed by atoms with E-state index in [1.54, 1.807) is 13.8 Å². The summed E-state index contributed by atoms with van der Waals surface area (Å²) < 4.78 is 4.70. The summed E-state index contributed by atoms with van der Waals surface area (Å²) in [4.78, 5) is 20.0. The first kappa shape index (κ1) is 16.6. The summed E-state index contributed by atoms with van der Waals surface area (Å²) in [6, 6.07) is 7.40. The molecule has 2 aromatic rings. The number of rotatable bonds is 3. The normalized spacial score (nSPS) is 11.0. The van der Waals surface area contributed by atoms with Crippen LogP contribution in [0.2, 0.25) is 0 Å². The molecule has 20 heavy (non-hydrogen) atoms. The Bertz CT molecular complexity index is 656. The minimum Gasteiger partial charge on any atom is -0.502 e. The van der Waals surface area contributed by atoms with Gasteiger partial charge in [0.2, 0.25) is 5.76 Å². The number of ether oxygens (including phenoxy) is 1. The molecule has 0 fully saturated rings. The third-order valence-electron chi connectivity index (χ3n) is 2.54. The van der Waals surface area contributed by atoms with Gasteiger partial charge in [0, 0.05) is 6.08 Å². The maximum Gasteiger partial charge on any atom is 1.00 e. The van der Waals surface area contributed by atoms with Crippen molar-refractivity contribution >= 4 is 23.1 Å². The van der Waals surface area contributed by atoms with E-state index in [4.69, 9.17) is 4.74 Å². The average molecular weight is 281 g/mol. The van der Waals surface area contributed by atoms with Crippen molar-refractivity contribution < 1.29 is 44.2 Å². The van der Waals surface area contributed by atoms with Gasteiger partial charge in [-0.15, -0.1) is 0 Å². The van der Waals surface area contributed by atoms with Gasteiger partial charge in [0.25, 0.3) is 0 Å². The summed E-state index contributed by atoms with van der Waals surface area (Å²) in [6.07, 6.45) is 1.27. The molecule has 0 saturated carbocycles. The molecule has 0 aliphatic carbocycles. The topological polar surface area (TPSA) is 72.3 Å². The Balaban J connectivity index is 0.00000200. The molecule has 1 aromatic carbocycles. The molecule has 0 unspecified atom stereocenters. The van der Waals surface area contributed by atoms with Crippen LogP contribution in [0.1, 0.15) is 18.3 Å². The molecule has 0 spiro atoms. The molecule has 1 N–H and O–H groups in total. The van der Waals surface area contributed by atoms with Gasteiger partial charge in [-0.1, -0.05) is 12.1 Å². The fourth-order valence-corrected chi connectivity index (χ4v) is 1.63. The zero-order valence-electron chi connectivity index (χ0n) is 11.8. The van der Waals surface area contributed by atoms with E-state index < -0.39 is 11.7 Å². The van der Waals surface area contributed by atoms with Gasteiger partial charge in [0.05, 0.1) is 29.0 Å². The number of carbonyl (C=O) groups is 1. The van der Waals surface area contributed by atoms with Gasteiger partial charge < -0.3 is 9.84 Å². The first-order valence-corrected chi connectivity index (χ1v) is 5.93. The van der Waals surface area contributed by atoms with Crippen LogP contribution in [-0.4, -0.2) is 27.7 Å². The maximum atomic E-state index is 11.3. The number of esters is 1. The van der Waals surface area contributed by atoms with Gasteiger partial charge in [-0.2, -0.15) is 0 Å². The quantitative estimate of drug-likeness (QED) is 0.352. The zero-order valence-corrected chi connectivity index (χ0v) is 13.8. The van der Waals surface area contributed by atoms with E-state index in [1.165, 1.54) is 6.08 Å². The second-order valence-electron chi connectivity index (χ2n) is 3.93. The van der Waals surface area contributed by atoms with Crippen molar-refractivity contribution in [2.45, 2.75) is 13.8 Å². The molecule has 1 heterocycles. The van der Waals surface area contributed by atoms with Crippen molar-refractivity contribution in [3.63, 3.8) is 0 Å². The number of nitrogens with zero attached hydrogens (tertiary/aromatic N) is 2. The van der Waals surface area contributed by atoms with Crippen molar-refractivity contribution in [3.05, 3.63) is 41.4 Å². The maximum absolute atomic E-state index is 11.3. The van der Waals surface area contributed by atoms with Crippen LogP contribution in [0, 0.1) is 6.92 Å². The molecule has 6 heteroatoms. The van der Waals surface area contributed by atoms with Crippen LogP contribution in [0.4, 0.5) is 0 Å². The number of benzene rings is 1. The van der Waals surface area contributed by atoms with E-state index in [1.807, 2.05) is 24.3 Å². The summed E-state index contributed by atoms with van der Waals surface area (Å²) in [5.41, 5.74) is 2.56. The number of hydrogen-bond acceptors (Lipinski definition) is 5. The average Bonchev–Trinajstić information content (AvgIpc) is 2.39. The van der Waals surface area contributed by atoms with Crippen LogP contribution in [0.5, 0.6) is 0 Å². The van der Waals surface area contributed by atoms with E-state index in [-0.39, 0.29) is 36.2 Å². The number of aliphatic hydroxyl groups excluding tert-OH is 1. The molecule has 0 aliphatic rings. The van der Waals surface area contributed by atoms with E-state index in [9.17, 15) is 9.90 Å². The molecular weight excluding hydrogens is 267 g/mol. The van der Waals surface area contributed by atoms with Gasteiger partial charge in [-0.05, 0) is 26.0 Å². The molecule has 5 nitrogen and oxygen atoms in total. The number of aliphatic hydroxyl groups is 1. The minimum absolute atomic E-state index is 0. The fourth-order valence-electron chi connectivity index (χ4n) is 1.63. The number of carbonyl (C=O) groups excluding carboxylic acids is 1. The van der Waals surface area contributed by atoms with Crippen LogP contribution >= 0.6 is 0 Å². The summed E-state index contributed by atoms with van der Waals surface area (Å²) >= 11 is 0. The van der Waals surface area contributed by atoms with Crippen molar-refractivity contribution in [1.82, 2.24) is 9.97 Å². The Kier molecular flexibility index (Phi) is 6.13. The number of para-hydroxylation sites is 2. The number of aromatic nitrogens is 2. The summed E-state index contributed by atoms with van der Waals surface area (Å²) in [7, 11) is 0. The summed E-state index contributed by atoms with van der Waals surface area (Å²) in [5, 5.41) is 9.62. The fraction of sp³-hybridized carbons (Fsp3) is 0.214. The van der Waals surface area contributed by atoms with Crippen molar-refractivity contribution in [1.29, 1.82) is 0 Å². The smallest absolute Gasteiger partial charge is 0.502 e. The van der Waals surface area contributed by atoms with Crippen LogP contribution in [-0.2, 0) is 9.53 Å². The van der Waals surface area contributed by atoms with Gasteiger partial charge in [-0.25, -0.2) is 14.8 Å². The Morgan fingerprint density at radius 1 is 1.30 bits per heavy atom. The Hall–Kier alpha value is -1.43. The second-order valence-corrected chi connectivity index (χ2v) is 3.93. The zero-order chi connectivity index (χ0) is 13.8. The molecule has 0 saturated heterocycles. The number of hydrogen-bond donors (Lipinski definition) is 1. The summed E-state index contributed by atoms with van der Waals surface area (Å²) in [6.45, 7) is 3.65. The molecule has 0 radical (unpaired) electrons. The largest absolute Gasteiger partial charge is 1.00 e. The Labute approximate surface area is 139 Å². The Morgan fingerprint density at radius 2 is 1.90 bits per heavy atom. The molecule has 0 atom stereocenters. The number of fused-ring (bicyclic) bond motifs is 1. The van der Waals surface area contributed by atoms with Crippen molar-refractivity contribution in [2.75, 3.05) is 6.61 Å². The van der Waals surface area contributed by atoms with Crippen LogP contribution in [0.3, 0.4) is 0 Å². The van der Waals surface area contributed by atoms with Crippen LogP contribution in [0.25, 0.3) is 17.1 Å². The van der Waals surface area contributed by atoms with Crippen molar-refractivity contribution in [3.8, 4) is 0 Å².